The van der Waals surface area contributed by atoms with Crippen LogP contribution >= 0.6 is 0 Å². The highest BCUT2D eigenvalue weighted by Crippen LogP contribution is 2.26. The molecular formula is C16H14N2O2. The zero-order chi connectivity index (χ0) is 14.3. The second-order valence-corrected chi connectivity index (χ2v) is 4.87. The number of aryl methyl sites for hydroxylation is 2. The van der Waals surface area contributed by atoms with Crippen molar-refractivity contribution < 1.29 is 9.90 Å². The van der Waals surface area contributed by atoms with Crippen molar-refractivity contribution in [1.82, 2.24) is 9.38 Å². The molecule has 4 heteroatoms. The van der Waals surface area contributed by atoms with Gasteiger partial charge in [-0.05, 0) is 31.0 Å². The van der Waals surface area contributed by atoms with Crippen LogP contribution in [0.25, 0.3) is 16.9 Å². The first-order valence-electron chi connectivity index (χ1n) is 6.36. The minimum atomic E-state index is -1.01. The highest BCUT2D eigenvalue weighted by Gasteiger charge is 2.18. The van der Waals surface area contributed by atoms with E-state index in [0.29, 0.717) is 11.3 Å². The average molecular weight is 266 g/mol. The molecule has 0 atom stereocenters. The maximum Gasteiger partial charge on any atom is 0.356 e. The lowest BCUT2D eigenvalue weighted by Crippen LogP contribution is -1.97. The Morgan fingerprint density at radius 2 is 1.90 bits per heavy atom. The molecule has 0 fully saturated rings. The first-order valence-corrected chi connectivity index (χ1v) is 6.36. The number of aromatic carboxylic acids is 1. The first-order chi connectivity index (χ1) is 9.58. The summed E-state index contributed by atoms with van der Waals surface area (Å²) in [6.45, 7) is 3.97. The Morgan fingerprint density at radius 3 is 2.60 bits per heavy atom. The van der Waals surface area contributed by atoms with Crippen LogP contribution in [-0.4, -0.2) is 20.5 Å². The Hall–Kier alpha value is -2.62. The van der Waals surface area contributed by atoms with Crippen molar-refractivity contribution in [3.05, 3.63) is 59.4 Å². The number of carbonyl (C=O) groups is 1. The molecule has 0 amide bonds. The summed E-state index contributed by atoms with van der Waals surface area (Å²) >= 11 is 0. The van der Waals surface area contributed by atoms with E-state index in [1.54, 1.807) is 6.07 Å². The molecule has 0 aliphatic carbocycles. The Bertz CT molecular complexity index is 818. The molecule has 3 rings (SSSR count). The van der Waals surface area contributed by atoms with Gasteiger partial charge >= 0.3 is 5.97 Å². The highest BCUT2D eigenvalue weighted by atomic mass is 16.4. The molecule has 1 N–H and O–H groups in total. The van der Waals surface area contributed by atoms with E-state index in [1.807, 2.05) is 54.8 Å². The summed E-state index contributed by atoms with van der Waals surface area (Å²) in [6.07, 6.45) is 1.91. The Kier molecular flexibility index (Phi) is 2.79. The van der Waals surface area contributed by atoms with Gasteiger partial charge in [0.2, 0.25) is 0 Å². The molecule has 0 spiro atoms. The Labute approximate surface area is 116 Å². The van der Waals surface area contributed by atoms with Gasteiger partial charge in [-0.25, -0.2) is 9.78 Å². The van der Waals surface area contributed by atoms with Gasteiger partial charge in [-0.3, -0.25) is 4.40 Å². The summed E-state index contributed by atoms with van der Waals surface area (Å²) in [5.41, 5.74) is 3.77. The van der Waals surface area contributed by atoms with Gasteiger partial charge in [0, 0.05) is 11.8 Å². The Balaban J connectivity index is 2.39. The van der Waals surface area contributed by atoms with E-state index >= 15 is 0 Å². The van der Waals surface area contributed by atoms with Crippen LogP contribution in [0.1, 0.15) is 21.6 Å². The smallest absolute Gasteiger partial charge is 0.356 e. The van der Waals surface area contributed by atoms with E-state index in [1.165, 1.54) is 0 Å². The van der Waals surface area contributed by atoms with Crippen molar-refractivity contribution in [3.63, 3.8) is 0 Å². The normalized spacial score (nSPS) is 10.9. The van der Waals surface area contributed by atoms with Gasteiger partial charge in [-0.1, -0.05) is 30.3 Å². The second kappa shape index (κ2) is 4.49. The van der Waals surface area contributed by atoms with Crippen LogP contribution in [0, 0.1) is 13.8 Å². The number of hydrogen-bond acceptors (Lipinski definition) is 2. The standard InChI is InChI=1S/C16H14N2O2/c1-10-7-8-13-14(16(19)20)17-15(18(13)9-10)12-6-4-3-5-11(12)2/h3-9H,1-2H3,(H,19,20). The fraction of sp³-hybridized carbons (Fsp3) is 0.125. The predicted molar refractivity (Wildman–Crippen MR) is 77.1 cm³/mol. The zero-order valence-electron chi connectivity index (χ0n) is 11.3. The highest BCUT2D eigenvalue weighted by molar-refractivity contribution is 5.95. The van der Waals surface area contributed by atoms with Crippen LogP contribution < -0.4 is 0 Å². The summed E-state index contributed by atoms with van der Waals surface area (Å²) in [5, 5.41) is 9.31. The number of hydrogen-bond donors (Lipinski definition) is 1. The molecule has 0 radical (unpaired) electrons. The minimum absolute atomic E-state index is 0.0863. The van der Waals surface area contributed by atoms with Gasteiger partial charge in [-0.15, -0.1) is 0 Å². The third-order valence-electron chi connectivity index (χ3n) is 3.37. The van der Waals surface area contributed by atoms with Crippen molar-refractivity contribution >= 4 is 11.5 Å². The molecule has 2 aromatic heterocycles. The Morgan fingerprint density at radius 1 is 1.15 bits per heavy atom. The fourth-order valence-corrected chi connectivity index (χ4v) is 2.36. The van der Waals surface area contributed by atoms with Crippen LogP contribution in [-0.2, 0) is 0 Å². The van der Waals surface area contributed by atoms with E-state index in [0.717, 1.165) is 16.7 Å². The average Bonchev–Trinajstić information content (AvgIpc) is 2.78. The van der Waals surface area contributed by atoms with Gasteiger partial charge < -0.3 is 5.11 Å². The second-order valence-electron chi connectivity index (χ2n) is 4.87. The molecule has 100 valence electrons. The molecular weight excluding hydrogens is 252 g/mol. The summed E-state index contributed by atoms with van der Waals surface area (Å²) < 4.78 is 1.85. The summed E-state index contributed by atoms with van der Waals surface area (Å²) in [5.74, 6) is -0.342. The topological polar surface area (TPSA) is 54.6 Å². The number of carboxylic acid groups (broad SMARTS) is 1. The molecule has 4 nitrogen and oxygen atoms in total. The van der Waals surface area contributed by atoms with E-state index < -0.39 is 5.97 Å². The largest absolute Gasteiger partial charge is 0.476 e. The van der Waals surface area contributed by atoms with Crippen LogP contribution in [0.4, 0.5) is 0 Å². The lowest BCUT2D eigenvalue weighted by molar-refractivity contribution is 0.0693. The number of rotatable bonds is 2. The SMILES string of the molecule is Cc1ccc2c(C(=O)O)nc(-c3ccccc3C)n2c1. The van der Waals surface area contributed by atoms with E-state index in [-0.39, 0.29) is 5.69 Å². The van der Waals surface area contributed by atoms with Crippen molar-refractivity contribution in [2.45, 2.75) is 13.8 Å². The quantitative estimate of drug-likeness (QED) is 0.774. The number of imidazole rings is 1. The van der Waals surface area contributed by atoms with Gasteiger partial charge in [0.05, 0.1) is 5.52 Å². The van der Waals surface area contributed by atoms with Gasteiger partial charge in [0.1, 0.15) is 5.82 Å². The number of pyridine rings is 1. The predicted octanol–water partition coefficient (Wildman–Crippen LogP) is 3.32. The number of benzene rings is 1. The summed E-state index contributed by atoms with van der Waals surface area (Å²) in [6, 6.07) is 11.5. The maximum atomic E-state index is 11.4. The molecule has 0 aliphatic rings. The molecule has 0 aliphatic heterocycles. The number of fused-ring (bicyclic) bond motifs is 1. The molecule has 20 heavy (non-hydrogen) atoms. The third-order valence-corrected chi connectivity index (χ3v) is 3.37. The maximum absolute atomic E-state index is 11.4. The lowest BCUT2D eigenvalue weighted by atomic mass is 10.1. The van der Waals surface area contributed by atoms with Gasteiger partial charge in [0.15, 0.2) is 5.69 Å². The van der Waals surface area contributed by atoms with Crippen LogP contribution in [0.3, 0.4) is 0 Å². The van der Waals surface area contributed by atoms with Crippen molar-refractivity contribution in [1.29, 1.82) is 0 Å². The van der Waals surface area contributed by atoms with E-state index in [2.05, 4.69) is 4.98 Å². The zero-order valence-corrected chi connectivity index (χ0v) is 11.3. The van der Waals surface area contributed by atoms with Gasteiger partial charge in [0.25, 0.3) is 0 Å². The van der Waals surface area contributed by atoms with Gasteiger partial charge in [-0.2, -0.15) is 0 Å². The molecule has 0 unspecified atom stereocenters. The molecule has 2 heterocycles. The van der Waals surface area contributed by atoms with Crippen molar-refractivity contribution in [3.8, 4) is 11.4 Å². The third kappa shape index (κ3) is 1.86. The lowest BCUT2D eigenvalue weighted by Gasteiger charge is -2.05. The first kappa shape index (κ1) is 12.4. The van der Waals surface area contributed by atoms with Crippen molar-refractivity contribution in [2.24, 2.45) is 0 Å². The van der Waals surface area contributed by atoms with Crippen LogP contribution in [0.15, 0.2) is 42.6 Å². The monoisotopic (exact) mass is 266 g/mol. The van der Waals surface area contributed by atoms with E-state index in [4.69, 9.17) is 0 Å². The van der Waals surface area contributed by atoms with Crippen LogP contribution in [0.2, 0.25) is 0 Å². The molecule has 3 aromatic rings. The summed E-state index contributed by atoms with van der Waals surface area (Å²) in [7, 11) is 0. The molecule has 0 saturated heterocycles. The fourth-order valence-electron chi connectivity index (χ4n) is 2.36. The molecule has 1 aromatic carbocycles. The minimum Gasteiger partial charge on any atom is -0.476 e. The molecule has 0 saturated carbocycles. The van der Waals surface area contributed by atoms with Crippen LogP contribution in [0.5, 0.6) is 0 Å². The number of carboxylic acids is 1. The molecule has 0 bridgehead atoms. The number of aromatic nitrogens is 2. The summed E-state index contributed by atoms with van der Waals surface area (Å²) in [4.78, 5) is 15.7. The van der Waals surface area contributed by atoms with E-state index in [9.17, 15) is 9.90 Å². The number of nitrogens with zero attached hydrogens (tertiary/aromatic N) is 2. The van der Waals surface area contributed by atoms with Crippen molar-refractivity contribution in [2.75, 3.05) is 0 Å².